The highest BCUT2D eigenvalue weighted by atomic mass is 14.9. The Bertz CT molecular complexity index is 336. The smallest absolute Gasteiger partial charge is 0.141 e. The van der Waals surface area contributed by atoms with Crippen molar-refractivity contribution in [2.45, 2.75) is 0 Å². The monoisotopic (exact) mass is 173 g/mol. The predicted molar refractivity (Wildman–Crippen MR) is 54.8 cm³/mol. The molecule has 0 amide bonds. The summed E-state index contributed by atoms with van der Waals surface area (Å²) in [6, 6.07) is 0. The molecule has 1 heterocycles. The second-order valence-corrected chi connectivity index (χ2v) is 2.39. The summed E-state index contributed by atoms with van der Waals surface area (Å²) in [5.74, 6) is 0.408. The summed E-state index contributed by atoms with van der Waals surface area (Å²) in [5, 5.41) is 0. The van der Waals surface area contributed by atoms with Gasteiger partial charge in [-0.05, 0) is 0 Å². The number of anilines is 1. The van der Waals surface area contributed by atoms with Crippen LogP contribution in [0.1, 0.15) is 5.69 Å². The molecule has 0 saturated carbocycles. The van der Waals surface area contributed by atoms with Crippen LogP contribution in [0.2, 0.25) is 0 Å². The quantitative estimate of drug-likeness (QED) is 0.709. The summed E-state index contributed by atoms with van der Waals surface area (Å²) in [5.41, 5.74) is 7.02. The van der Waals surface area contributed by atoms with Crippen molar-refractivity contribution >= 4 is 11.4 Å². The number of nitrogens with zero attached hydrogens (tertiary/aromatic N) is 2. The van der Waals surface area contributed by atoms with Gasteiger partial charge in [-0.15, -0.1) is 0 Å². The Labute approximate surface area is 77.3 Å². The van der Waals surface area contributed by atoms with Crippen molar-refractivity contribution in [3.63, 3.8) is 0 Å². The number of rotatable bonds is 3. The minimum Gasteiger partial charge on any atom is -0.382 e. The third-order valence-corrected chi connectivity index (χ3v) is 1.48. The van der Waals surface area contributed by atoms with E-state index in [0.717, 1.165) is 11.3 Å². The van der Waals surface area contributed by atoms with Crippen LogP contribution in [0.15, 0.2) is 43.8 Å². The lowest BCUT2D eigenvalue weighted by atomic mass is 10.2. The van der Waals surface area contributed by atoms with Crippen LogP contribution in [-0.4, -0.2) is 9.97 Å². The summed E-state index contributed by atoms with van der Waals surface area (Å²) in [6.07, 6.45) is 8.30. The molecule has 3 nitrogen and oxygen atoms in total. The Hall–Kier alpha value is -1.90. The topological polar surface area (TPSA) is 51.8 Å². The van der Waals surface area contributed by atoms with Crippen LogP contribution in [0.25, 0.3) is 5.57 Å². The van der Waals surface area contributed by atoms with E-state index in [9.17, 15) is 0 Å². The maximum atomic E-state index is 5.40. The molecule has 0 atom stereocenters. The molecule has 2 N–H and O–H groups in total. The highest BCUT2D eigenvalue weighted by molar-refractivity contribution is 5.71. The molecule has 0 spiro atoms. The van der Waals surface area contributed by atoms with Crippen LogP contribution in [-0.2, 0) is 0 Å². The van der Waals surface area contributed by atoms with Crippen LogP contribution in [0, 0.1) is 0 Å². The molecule has 0 aromatic carbocycles. The third-order valence-electron chi connectivity index (χ3n) is 1.48. The normalized spacial score (nSPS) is 10.9. The van der Waals surface area contributed by atoms with Gasteiger partial charge in [-0.25, -0.2) is 4.98 Å². The molecule has 0 aliphatic heterocycles. The molecular weight excluding hydrogens is 162 g/mol. The highest BCUT2D eigenvalue weighted by Gasteiger charge is 1.97. The fourth-order valence-corrected chi connectivity index (χ4v) is 0.872. The molecule has 0 saturated heterocycles. The largest absolute Gasteiger partial charge is 0.382 e. The van der Waals surface area contributed by atoms with Gasteiger partial charge in [0.1, 0.15) is 5.82 Å². The van der Waals surface area contributed by atoms with E-state index in [0.29, 0.717) is 5.82 Å². The number of hydrogen-bond acceptors (Lipinski definition) is 3. The van der Waals surface area contributed by atoms with Crippen molar-refractivity contribution in [3.8, 4) is 0 Å². The standard InChI is InChI=1S/C10H11N3/c1-3-5-8(4-2)9-6-13-10(11)7-12-9/h3-7H,1-2H2,(H2,11,13)/b8-5+. The van der Waals surface area contributed by atoms with E-state index >= 15 is 0 Å². The van der Waals surface area contributed by atoms with E-state index in [4.69, 9.17) is 5.73 Å². The second kappa shape index (κ2) is 4.21. The van der Waals surface area contributed by atoms with Crippen molar-refractivity contribution in [1.29, 1.82) is 0 Å². The summed E-state index contributed by atoms with van der Waals surface area (Å²) < 4.78 is 0. The van der Waals surface area contributed by atoms with E-state index in [1.807, 2.05) is 6.08 Å². The predicted octanol–water partition coefficient (Wildman–Crippen LogP) is 1.81. The number of nitrogens with two attached hydrogens (primary N) is 1. The molecule has 1 aromatic heterocycles. The first-order chi connectivity index (χ1) is 6.27. The Morgan fingerprint density at radius 3 is 2.54 bits per heavy atom. The first-order valence-corrected chi connectivity index (χ1v) is 3.81. The van der Waals surface area contributed by atoms with Gasteiger partial charge in [0.25, 0.3) is 0 Å². The Morgan fingerprint density at radius 1 is 1.31 bits per heavy atom. The van der Waals surface area contributed by atoms with Crippen LogP contribution in [0.3, 0.4) is 0 Å². The Balaban J connectivity index is 3.06. The van der Waals surface area contributed by atoms with Gasteiger partial charge in [-0.1, -0.05) is 31.4 Å². The van der Waals surface area contributed by atoms with Crippen molar-refractivity contribution in [3.05, 3.63) is 49.5 Å². The van der Waals surface area contributed by atoms with Crippen LogP contribution < -0.4 is 5.73 Å². The molecule has 1 aromatic rings. The van der Waals surface area contributed by atoms with Gasteiger partial charge < -0.3 is 5.73 Å². The average Bonchev–Trinajstić information content (AvgIpc) is 2.16. The fourth-order valence-electron chi connectivity index (χ4n) is 0.872. The number of allylic oxidation sites excluding steroid dienone is 4. The molecular formula is C10H11N3. The average molecular weight is 173 g/mol. The number of nitrogen functional groups attached to an aromatic ring is 1. The van der Waals surface area contributed by atoms with Crippen LogP contribution >= 0.6 is 0 Å². The summed E-state index contributed by atoms with van der Waals surface area (Å²) in [4.78, 5) is 8.02. The molecule has 0 fully saturated rings. The minimum atomic E-state index is 0.408. The lowest BCUT2D eigenvalue weighted by Gasteiger charge is -1.99. The van der Waals surface area contributed by atoms with Gasteiger partial charge in [-0.2, -0.15) is 0 Å². The lowest BCUT2D eigenvalue weighted by molar-refractivity contribution is 1.18. The SMILES string of the molecule is C=C/C=C(\C=C)c1cnc(N)cn1. The lowest BCUT2D eigenvalue weighted by Crippen LogP contribution is -1.94. The summed E-state index contributed by atoms with van der Waals surface area (Å²) >= 11 is 0. The van der Waals surface area contributed by atoms with Gasteiger partial charge in [0.15, 0.2) is 0 Å². The number of hydrogen-bond donors (Lipinski definition) is 1. The van der Waals surface area contributed by atoms with E-state index in [2.05, 4.69) is 23.1 Å². The van der Waals surface area contributed by atoms with Crippen LogP contribution in [0.5, 0.6) is 0 Å². The zero-order valence-electron chi connectivity index (χ0n) is 7.27. The van der Waals surface area contributed by atoms with Gasteiger partial charge in [0, 0.05) is 5.57 Å². The number of aromatic nitrogens is 2. The van der Waals surface area contributed by atoms with E-state index in [1.165, 1.54) is 6.20 Å². The van der Waals surface area contributed by atoms with E-state index in [-0.39, 0.29) is 0 Å². The minimum absolute atomic E-state index is 0.408. The van der Waals surface area contributed by atoms with E-state index in [1.54, 1.807) is 18.3 Å². The maximum absolute atomic E-state index is 5.40. The second-order valence-electron chi connectivity index (χ2n) is 2.39. The summed E-state index contributed by atoms with van der Waals surface area (Å²) in [6.45, 7) is 7.26. The first-order valence-electron chi connectivity index (χ1n) is 3.81. The van der Waals surface area contributed by atoms with E-state index < -0.39 is 0 Å². The molecule has 0 radical (unpaired) electrons. The van der Waals surface area contributed by atoms with Crippen molar-refractivity contribution < 1.29 is 0 Å². The Morgan fingerprint density at radius 2 is 2.08 bits per heavy atom. The van der Waals surface area contributed by atoms with Crippen molar-refractivity contribution in [2.75, 3.05) is 5.73 Å². The molecule has 0 aliphatic rings. The molecule has 66 valence electrons. The molecule has 3 heteroatoms. The molecule has 13 heavy (non-hydrogen) atoms. The molecule has 1 rings (SSSR count). The van der Waals surface area contributed by atoms with Crippen molar-refractivity contribution in [1.82, 2.24) is 9.97 Å². The van der Waals surface area contributed by atoms with Gasteiger partial charge >= 0.3 is 0 Å². The molecule has 0 bridgehead atoms. The van der Waals surface area contributed by atoms with Gasteiger partial charge in [0.2, 0.25) is 0 Å². The Kier molecular flexibility index (Phi) is 2.97. The molecule has 0 unspecified atom stereocenters. The zero-order valence-corrected chi connectivity index (χ0v) is 7.27. The molecule has 0 aliphatic carbocycles. The maximum Gasteiger partial charge on any atom is 0.141 e. The van der Waals surface area contributed by atoms with Crippen LogP contribution in [0.4, 0.5) is 5.82 Å². The zero-order chi connectivity index (χ0) is 9.68. The van der Waals surface area contributed by atoms with Gasteiger partial charge in [0.05, 0.1) is 18.1 Å². The van der Waals surface area contributed by atoms with Gasteiger partial charge in [-0.3, -0.25) is 4.98 Å². The summed E-state index contributed by atoms with van der Waals surface area (Å²) in [7, 11) is 0. The first kappa shape index (κ1) is 9.19. The fraction of sp³-hybridized carbons (Fsp3) is 0. The highest BCUT2D eigenvalue weighted by Crippen LogP contribution is 2.11. The van der Waals surface area contributed by atoms with Crippen molar-refractivity contribution in [2.24, 2.45) is 0 Å². The third kappa shape index (κ3) is 2.27.